The van der Waals surface area contributed by atoms with E-state index in [0.717, 1.165) is 0 Å². The number of carbonyl (C=O) groups excluding carboxylic acids is 4. The molecule has 2 heterocycles. The molecule has 0 bridgehead atoms. The topological polar surface area (TPSA) is 203 Å². The number of carbonyl (C=O) groups is 4. The van der Waals surface area contributed by atoms with E-state index in [-0.39, 0.29) is 67.3 Å². The molecular weight excluding hydrogens is 547 g/mol. The van der Waals surface area contributed by atoms with Crippen LogP contribution in [0.5, 0.6) is 0 Å². The minimum absolute atomic E-state index is 0. The summed E-state index contributed by atoms with van der Waals surface area (Å²) < 4.78 is 45.2. The molecule has 1 unspecified atom stereocenters. The molecule has 14 nitrogen and oxygen atoms in total. The van der Waals surface area contributed by atoms with Crippen LogP contribution in [0.3, 0.4) is 0 Å². The van der Waals surface area contributed by atoms with Crippen molar-refractivity contribution in [2.45, 2.75) is 89.5 Å². The van der Waals surface area contributed by atoms with E-state index in [1.807, 2.05) is 0 Å². The summed E-state index contributed by atoms with van der Waals surface area (Å²) in [5.41, 5.74) is -4.19. The summed E-state index contributed by atoms with van der Waals surface area (Å²) in [6, 6.07) is -2.77. The number of ether oxygens (including phenoxy) is 2. The molecule has 2 aliphatic heterocycles. The first-order valence-electron chi connectivity index (χ1n) is 12.5. The second-order valence-corrected chi connectivity index (χ2v) is 13.0. The molecule has 2 fully saturated rings. The van der Waals surface area contributed by atoms with Gasteiger partial charge in [-0.2, -0.15) is 0 Å². The maximum Gasteiger partial charge on any atom is 1.00 e. The van der Waals surface area contributed by atoms with Crippen LogP contribution in [0.15, 0.2) is 0 Å². The Morgan fingerprint density at radius 2 is 1.82 bits per heavy atom. The van der Waals surface area contributed by atoms with Crippen molar-refractivity contribution in [2.75, 3.05) is 19.6 Å². The van der Waals surface area contributed by atoms with Crippen molar-refractivity contribution < 1.29 is 76.3 Å². The van der Waals surface area contributed by atoms with E-state index in [1.54, 1.807) is 41.5 Å². The number of aliphatic hydroxyl groups excluding tert-OH is 1. The molecule has 0 spiro atoms. The van der Waals surface area contributed by atoms with Crippen molar-refractivity contribution in [1.29, 1.82) is 0 Å². The predicted octanol–water partition coefficient (Wildman–Crippen LogP) is -2.98. The van der Waals surface area contributed by atoms with Crippen LogP contribution in [0.1, 0.15) is 60.8 Å². The molecule has 0 aliphatic carbocycles. The van der Waals surface area contributed by atoms with Gasteiger partial charge in [0, 0.05) is 12.5 Å². The average Bonchev–Trinajstić information content (AvgIpc) is 3.12. The van der Waals surface area contributed by atoms with Gasteiger partial charge in [-0.1, -0.05) is 13.8 Å². The van der Waals surface area contributed by atoms with Gasteiger partial charge < -0.3 is 40.0 Å². The van der Waals surface area contributed by atoms with Gasteiger partial charge >= 0.3 is 41.7 Å². The van der Waals surface area contributed by atoms with Crippen molar-refractivity contribution in [2.24, 2.45) is 11.8 Å². The van der Waals surface area contributed by atoms with E-state index in [9.17, 15) is 37.3 Å². The number of hydrogen-bond donors (Lipinski definition) is 4. The number of alkyl carbamates (subject to hydrolysis) is 1. The smallest absolute Gasteiger partial charge is 0.746 e. The van der Waals surface area contributed by atoms with Gasteiger partial charge in [-0.05, 0) is 52.9 Å². The van der Waals surface area contributed by atoms with Crippen LogP contribution in [0.25, 0.3) is 0 Å². The third-order valence-electron chi connectivity index (χ3n) is 6.03. The van der Waals surface area contributed by atoms with E-state index in [1.165, 1.54) is 4.90 Å². The third-order valence-corrected chi connectivity index (χ3v) is 6.95. The Labute approximate surface area is 251 Å². The van der Waals surface area contributed by atoms with Gasteiger partial charge in [0.25, 0.3) is 0 Å². The Balaban J connectivity index is 0.00000760. The normalized spacial score (nSPS) is 21.0. The number of rotatable bonds is 10. The van der Waals surface area contributed by atoms with Gasteiger partial charge in [-0.25, -0.2) is 18.0 Å². The zero-order chi connectivity index (χ0) is 29.1. The van der Waals surface area contributed by atoms with Crippen LogP contribution in [0.2, 0.25) is 0 Å². The van der Waals surface area contributed by atoms with E-state index in [0.29, 0.717) is 13.0 Å². The third kappa shape index (κ3) is 11.0. The second kappa shape index (κ2) is 13.8. The first-order valence-corrected chi connectivity index (χ1v) is 13.9. The molecule has 4 amide bonds. The van der Waals surface area contributed by atoms with E-state index < -0.39 is 62.9 Å². The number of nitrogens with one attached hydrogen (secondary N) is 3. The zero-order valence-corrected chi connectivity index (χ0v) is 26.4. The molecule has 218 valence electrons. The Morgan fingerprint density at radius 3 is 2.28 bits per heavy atom. The first kappa shape index (κ1) is 35.4. The molecule has 4 atom stereocenters. The van der Waals surface area contributed by atoms with Crippen molar-refractivity contribution >= 4 is 34.1 Å². The zero-order valence-electron chi connectivity index (χ0n) is 23.6. The summed E-state index contributed by atoms with van der Waals surface area (Å²) in [5, 5.41) is 17.5. The molecule has 0 aromatic heterocycles. The number of hydrogen-bond acceptors (Lipinski definition) is 10. The maximum absolute atomic E-state index is 13.1. The van der Waals surface area contributed by atoms with Gasteiger partial charge in [0.15, 0.2) is 5.44 Å². The largest absolute Gasteiger partial charge is 1.00 e. The molecule has 16 heteroatoms. The molecular formula is C23H39N4NaO10S. The maximum atomic E-state index is 13.1. The average molecular weight is 587 g/mol. The molecule has 2 aliphatic rings. The second-order valence-electron chi connectivity index (χ2n) is 11.5. The molecule has 0 saturated carbocycles. The van der Waals surface area contributed by atoms with Crippen molar-refractivity contribution in [3.8, 4) is 0 Å². The minimum atomic E-state index is -5.22. The van der Waals surface area contributed by atoms with Gasteiger partial charge in [0.05, 0.1) is 19.1 Å². The van der Waals surface area contributed by atoms with Crippen LogP contribution in [0, 0.1) is 11.8 Å². The molecule has 0 radical (unpaired) electrons. The summed E-state index contributed by atoms with van der Waals surface area (Å²) in [4.78, 5) is 51.2. The van der Waals surface area contributed by atoms with Gasteiger partial charge in [0.1, 0.15) is 27.4 Å². The standard InChI is InChI=1S/C23H40N4O10S.Na/c1-13(2)9-15(26-20(31)36-23(6)11-27(12-23)21(32)37-22(3,4)5)18(29)25-16(19(30)38(33,34)35)10-14-7-8-24-17(14)28;/h13-16,19,30H,7-12H2,1-6H3,(H,24,28)(H,25,29)(H,26,31)(H,33,34,35);/q;+1/p-1/t14-,15+,16+,19?;/m1./s1. The van der Waals surface area contributed by atoms with Crippen LogP contribution in [-0.4, -0.2) is 95.3 Å². The molecule has 2 rings (SSSR count). The summed E-state index contributed by atoms with van der Waals surface area (Å²) in [6.45, 7) is 10.9. The van der Waals surface area contributed by atoms with E-state index in [2.05, 4.69) is 16.0 Å². The van der Waals surface area contributed by atoms with Gasteiger partial charge in [0.2, 0.25) is 11.8 Å². The molecule has 0 aromatic carbocycles. The Bertz CT molecular complexity index is 1010. The fourth-order valence-corrected chi connectivity index (χ4v) is 4.87. The molecule has 2 saturated heterocycles. The molecule has 4 N–H and O–H groups in total. The summed E-state index contributed by atoms with van der Waals surface area (Å²) >= 11 is 0. The summed E-state index contributed by atoms with van der Waals surface area (Å²) in [6.07, 6.45) is -1.31. The SMILES string of the molecule is CC(C)C[C@H](NC(=O)OC1(C)CN(C(=O)OC(C)(C)C)C1)C(=O)N[C@@H](C[C@H]1CCNC1=O)C(O)S(=O)(=O)[O-].[Na+]. The minimum Gasteiger partial charge on any atom is -0.746 e. The number of amides is 4. The van der Waals surface area contributed by atoms with Crippen molar-refractivity contribution in [3.63, 3.8) is 0 Å². The fourth-order valence-electron chi connectivity index (χ4n) is 4.29. The Kier molecular flexibility index (Phi) is 12.5. The van der Waals surface area contributed by atoms with Gasteiger partial charge in [-0.3, -0.25) is 9.59 Å². The van der Waals surface area contributed by atoms with Crippen LogP contribution in [0.4, 0.5) is 9.59 Å². The van der Waals surface area contributed by atoms with E-state index in [4.69, 9.17) is 9.47 Å². The summed E-state index contributed by atoms with van der Waals surface area (Å²) in [7, 11) is -5.22. The molecule has 39 heavy (non-hydrogen) atoms. The van der Waals surface area contributed by atoms with Crippen LogP contribution >= 0.6 is 0 Å². The van der Waals surface area contributed by atoms with Crippen LogP contribution in [-0.2, 0) is 29.2 Å². The number of likely N-dealkylation sites (tertiary alicyclic amines) is 1. The summed E-state index contributed by atoms with van der Waals surface area (Å²) in [5.74, 6) is -2.03. The van der Waals surface area contributed by atoms with Gasteiger partial charge in [-0.15, -0.1) is 0 Å². The first-order chi connectivity index (χ1) is 17.3. The number of aliphatic hydroxyl groups is 1. The fraction of sp³-hybridized carbons (Fsp3) is 0.826. The molecule has 0 aromatic rings. The van der Waals surface area contributed by atoms with Crippen LogP contribution < -0.4 is 45.5 Å². The van der Waals surface area contributed by atoms with Crippen molar-refractivity contribution in [3.05, 3.63) is 0 Å². The van der Waals surface area contributed by atoms with Crippen molar-refractivity contribution in [1.82, 2.24) is 20.9 Å². The quantitative estimate of drug-likeness (QED) is 0.151. The Hall–Kier alpha value is -1.65. The number of nitrogens with zero attached hydrogens (tertiary/aromatic N) is 1. The van der Waals surface area contributed by atoms with E-state index >= 15 is 0 Å². The predicted molar refractivity (Wildman–Crippen MR) is 132 cm³/mol. The monoisotopic (exact) mass is 586 g/mol. The Morgan fingerprint density at radius 1 is 1.23 bits per heavy atom.